The number of nitrogens with one attached hydrogen (secondary N) is 2. The van der Waals surface area contributed by atoms with Crippen molar-refractivity contribution in [1.29, 1.82) is 0 Å². The molecule has 0 unspecified atom stereocenters. The number of nitrogens with zero attached hydrogens (tertiary/aromatic N) is 1. The molecule has 0 saturated carbocycles. The van der Waals surface area contributed by atoms with Gasteiger partial charge < -0.3 is 5.32 Å². The van der Waals surface area contributed by atoms with Crippen LogP contribution in [0.1, 0.15) is 24.0 Å². The number of amides is 1. The number of hydrogen-bond acceptors (Lipinski definition) is 3. The van der Waals surface area contributed by atoms with E-state index in [1.807, 2.05) is 12.2 Å². The molecule has 2 N–H and O–H groups in total. The lowest BCUT2D eigenvalue weighted by Gasteiger charge is -2.15. The molecule has 2 heterocycles. The molecule has 4 heteroatoms. The van der Waals surface area contributed by atoms with Crippen molar-refractivity contribution in [2.75, 3.05) is 19.6 Å². The van der Waals surface area contributed by atoms with Gasteiger partial charge in [0.05, 0.1) is 0 Å². The third-order valence-electron chi connectivity index (χ3n) is 4.16. The highest BCUT2D eigenvalue weighted by atomic mass is 16.2. The van der Waals surface area contributed by atoms with E-state index in [4.69, 9.17) is 0 Å². The number of likely N-dealkylation sites (tertiary alicyclic amines) is 1. The zero-order valence-electron chi connectivity index (χ0n) is 12.3. The molecule has 3 rings (SSSR count). The van der Waals surface area contributed by atoms with Crippen LogP contribution in [-0.4, -0.2) is 36.5 Å². The van der Waals surface area contributed by atoms with E-state index in [-0.39, 0.29) is 11.9 Å². The molecular weight excluding hydrogens is 262 g/mol. The van der Waals surface area contributed by atoms with Crippen molar-refractivity contribution in [3.8, 4) is 0 Å². The molecule has 1 fully saturated rings. The van der Waals surface area contributed by atoms with E-state index < -0.39 is 0 Å². The summed E-state index contributed by atoms with van der Waals surface area (Å²) in [5, 5.41) is 6.08. The first-order valence-electron chi connectivity index (χ1n) is 7.79. The first-order valence-corrected chi connectivity index (χ1v) is 7.79. The van der Waals surface area contributed by atoms with Crippen molar-refractivity contribution in [3.05, 3.63) is 47.5 Å². The van der Waals surface area contributed by atoms with Crippen LogP contribution in [0.3, 0.4) is 0 Å². The largest absolute Gasteiger partial charge is 0.350 e. The van der Waals surface area contributed by atoms with E-state index in [9.17, 15) is 4.79 Å². The van der Waals surface area contributed by atoms with Crippen LogP contribution < -0.4 is 10.6 Å². The van der Waals surface area contributed by atoms with E-state index in [1.165, 1.54) is 31.5 Å². The van der Waals surface area contributed by atoms with E-state index in [0.29, 0.717) is 6.54 Å². The maximum atomic E-state index is 11.9. The van der Waals surface area contributed by atoms with Crippen LogP contribution in [0.25, 0.3) is 0 Å². The Hall–Kier alpha value is -1.65. The minimum absolute atomic E-state index is 0.0462. The van der Waals surface area contributed by atoms with Gasteiger partial charge in [-0.2, -0.15) is 0 Å². The van der Waals surface area contributed by atoms with Gasteiger partial charge in [0.15, 0.2) is 0 Å². The summed E-state index contributed by atoms with van der Waals surface area (Å²) >= 11 is 0. The molecule has 1 aromatic rings. The third kappa shape index (κ3) is 3.93. The van der Waals surface area contributed by atoms with Crippen LogP contribution in [0.5, 0.6) is 0 Å². The summed E-state index contributed by atoms with van der Waals surface area (Å²) in [7, 11) is 0. The summed E-state index contributed by atoms with van der Waals surface area (Å²) in [4.78, 5) is 14.4. The monoisotopic (exact) mass is 285 g/mol. The number of rotatable bonds is 5. The minimum atomic E-state index is -0.167. The zero-order chi connectivity index (χ0) is 14.5. The third-order valence-corrected chi connectivity index (χ3v) is 4.16. The number of carbonyl (C=O) groups excluding carboxylic acids is 1. The van der Waals surface area contributed by atoms with Crippen LogP contribution in [0.2, 0.25) is 0 Å². The van der Waals surface area contributed by atoms with Gasteiger partial charge in [-0.1, -0.05) is 36.4 Å². The molecular formula is C17H23N3O. The molecule has 0 spiro atoms. The summed E-state index contributed by atoms with van der Waals surface area (Å²) < 4.78 is 0. The second-order valence-electron chi connectivity index (χ2n) is 5.83. The fraction of sp³-hybridized carbons (Fsp3) is 0.471. The normalized spacial score (nSPS) is 21.8. The van der Waals surface area contributed by atoms with Gasteiger partial charge in [0.2, 0.25) is 5.91 Å². The van der Waals surface area contributed by atoms with Crippen LogP contribution in [0.15, 0.2) is 36.4 Å². The van der Waals surface area contributed by atoms with E-state index >= 15 is 0 Å². The van der Waals surface area contributed by atoms with Crippen molar-refractivity contribution < 1.29 is 4.79 Å². The Balaban J connectivity index is 1.47. The average molecular weight is 285 g/mol. The molecule has 0 radical (unpaired) electrons. The Bertz CT molecular complexity index is 503. The summed E-state index contributed by atoms with van der Waals surface area (Å²) in [5.74, 6) is 0.0462. The summed E-state index contributed by atoms with van der Waals surface area (Å²) in [6.45, 7) is 4.86. The predicted molar refractivity (Wildman–Crippen MR) is 83.7 cm³/mol. The van der Waals surface area contributed by atoms with Crippen molar-refractivity contribution >= 4 is 5.91 Å². The summed E-state index contributed by atoms with van der Waals surface area (Å²) in [5.41, 5.74) is 2.50. The SMILES string of the molecule is O=C(NCc1ccc(CN2CCCC2)cc1)[C@H]1C=CCN1. The Labute approximate surface area is 126 Å². The second kappa shape index (κ2) is 6.87. The van der Waals surface area contributed by atoms with Gasteiger partial charge in [0.1, 0.15) is 6.04 Å². The first kappa shape index (κ1) is 14.3. The van der Waals surface area contributed by atoms with E-state index in [1.54, 1.807) is 0 Å². The average Bonchev–Trinajstić information content (AvgIpc) is 3.19. The maximum Gasteiger partial charge on any atom is 0.241 e. The van der Waals surface area contributed by atoms with Gasteiger partial charge in [-0.25, -0.2) is 0 Å². The Kier molecular flexibility index (Phi) is 4.68. The molecule has 1 amide bonds. The predicted octanol–water partition coefficient (Wildman–Crippen LogP) is 1.43. The standard InChI is InChI=1S/C17H23N3O/c21-17(16-4-3-9-18-16)19-12-14-5-7-15(8-6-14)13-20-10-1-2-11-20/h3-8,16,18H,1-2,9-13H2,(H,19,21)/t16-/m1/s1. The van der Waals surface area contributed by atoms with Crippen LogP contribution in [-0.2, 0) is 17.9 Å². The van der Waals surface area contributed by atoms with Crippen molar-refractivity contribution in [2.24, 2.45) is 0 Å². The van der Waals surface area contributed by atoms with Crippen molar-refractivity contribution in [3.63, 3.8) is 0 Å². The fourth-order valence-electron chi connectivity index (χ4n) is 2.91. The lowest BCUT2D eigenvalue weighted by Crippen LogP contribution is -2.40. The molecule has 1 saturated heterocycles. The van der Waals surface area contributed by atoms with Gasteiger partial charge in [-0.3, -0.25) is 15.0 Å². The fourth-order valence-corrected chi connectivity index (χ4v) is 2.91. The van der Waals surface area contributed by atoms with Gasteiger partial charge >= 0.3 is 0 Å². The first-order chi connectivity index (χ1) is 10.3. The topological polar surface area (TPSA) is 44.4 Å². The molecule has 0 aliphatic carbocycles. The minimum Gasteiger partial charge on any atom is -0.350 e. The molecule has 1 aromatic carbocycles. The van der Waals surface area contributed by atoms with E-state index in [2.05, 4.69) is 39.8 Å². The molecule has 2 aliphatic heterocycles. The van der Waals surface area contributed by atoms with Crippen molar-refractivity contribution in [2.45, 2.75) is 32.0 Å². The molecule has 21 heavy (non-hydrogen) atoms. The highest BCUT2D eigenvalue weighted by Gasteiger charge is 2.16. The Morgan fingerprint density at radius 1 is 1.19 bits per heavy atom. The van der Waals surface area contributed by atoms with Gasteiger partial charge in [-0.15, -0.1) is 0 Å². The van der Waals surface area contributed by atoms with Crippen LogP contribution >= 0.6 is 0 Å². The maximum absolute atomic E-state index is 11.9. The number of carbonyl (C=O) groups is 1. The van der Waals surface area contributed by atoms with Gasteiger partial charge in [0, 0.05) is 19.6 Å². The van der Waals surface area contributed by atoms with Gasteiger partial charge in [-0.05, 0) is 37.1 Å². The zero-order valence-corrected chi connectivity index (χ0v) is 12.3. The van der Waals surface area contributed by atoms with Gasteiger partial charge in [0.25, 0.3) is 0 Å². The van der Waals surface area contributed by atoms with E-state index in [0.717, 1.165) is 18.7 Å². The lowest BCUT2D eigenvalue weighted by atomic mass is 10.1. The highest BCUT2D eigenvalue weighted by molar-refractivity contribution is 5.84. The van der Waals surface area contributed by atoms with Crippen LogP contribution in [0, 0.1) is 0 Å². The summed E-state index contributed by atoms with van der Waals surface area (Å²) in [6, 6.07) is 8.41. The lowest BCUT2D eigenvalue weighted by molar-refractivity contribution is -0.122. The quantitative estimate of drug-likeness (QED) is 0.804. The molecule has 112 valence electrons. The highest BCUT2D eigenvalue weighted by Crippen LogP contribution is 2.13. The van der Waals surface area contributed by atoms with Crippen LogP contribution in [0.4, 0.5) is 0 Å². The smallest absolute Gasteiger partial charge is 0.241 e. The number of benzene rings is 1. The molecule has 2 aliphatic rings. The molecule has 4 nitrogen and oxygen atoms in total. The molecule has 1 atom stereocenters. The molecule has 0 bridgehead atoms. The second-order valence-corrected chi connectivity index (χ2v) is 5.83. The molecule has 0 aromatic heterocycles. The Morgan fingerprint density at radius 3 is 2.57 bits per heavy atom. The summed E-state index contributed by atoms with van der Waals surface area (Å²) in [6.07, 6.45) is 6.55. The number of hydrogen-bond donors (Lipinski definition) is 2. The Morgan fingerprint density at radius 2 is 1.90 bits per heavy atom. The van der Waals surface area contributed by atoms with Crippen molar-refractivity contribution in [1.82, 2.24) is 15.5 Å².